The SMILES string of the molecule is C1=C\C=C/C2=C(\C=C/1)C1CCCCCC3CCC2C31. The first-order chi connectivity index (χ1) is 9.45. The van der Waals surface area contributed by atoms with Gasteiger partial charge in [-0.2, -0.15) is 0 Å². The summed E-state index contributed by atoms with van der Waals surface area (Å²) in [6.45, 7) is 0. The first kappa shape index (κ1) is 11.8. The maximum atomic E-state index is 2.43. The smallest absolute Gasteiger partial charge is 0.0122 e. The van der Waals surface area contributed by atoms with Gasteiger partial charge in [0.1, 0.15) is 0 Å². The van der Waals surface area contributed by atoms with Crippen molar-refractivity contribution in [1.82, 2.24) is 0 Å². The van der Waals surface area contributed by atoms with Crippen LogP contribution >= 0.6 is 0 Å². The average molecular weight is 252 g/mol. The maximum absolute atomic E-state index is 2.43. The Morgan fingerprint density at radius 2 is 1.32 bits per heavy atom. The molecule has 2 fully saturated rings. The molecule has 4 aliphatic rings. The van der Waals surface area contributed by atoms with Gasteiger partial charge in [-0.25, -0.2) is 0 Å². The number of fused-ring (bicyclic) bond motifs is 2. The summed E-state index contributed by atoms with van der Waals surface area (Å²) in [5.41, 5.74) is 3.39. The molecule has 0 bridgehead atoms. The minimum absolute atomic E-state index is 0.875. The van der Waals surface area contributed by atoms with Crippen molar-refractivity contribution in [3.8, 4) is 0 Å². The van der Waals surface area contributed by atoms with E-state index in [-0.39, 0.29) is 0 Å². The predicted octanol–water partition coefficient (Wildman–Crippen LogP) is 5.20. The van der Waals surface area contributed by atoms with Gasteiger partial charge in [-0.05, 0) is 54.1 Å². The number of hydrogen-bond donors (Lipinski definition) is 0. The highest BCUT2D eigenvalue weighted by Gasteiger charge is 2.48. The van der Waals surface area contributed by atoms with Gasteiger partial charge in [0.2, 0.25) is 0 Å². The van der Waals surface area contributed by atoms with Crippen molar-refractivity contribution >= 4 is 0 Å². The van der Waals surface area contributed by atoms with Crippen molar-refractivity contribution in [3.63, 3.8) is 0 Å². The molecular formula is C19H24. The largest absolute Gasteiger partial charge is 0.0623 e. The Bertz CT molecular complexity index is 474. The van der Waals surface area contributed by atoms with Crippen LogP contribution in [0.25, 0.3) is 0 Å². The van der Waals surface area contributed by atoms with Gasteiger partial charge in [-0.15, -0.1) is 0 Å². The standard InChI is InChI=1S/C19H24/c1-2-6-10-16-15(9-5-1)17-11-7-3-4-8-14-12-13-18(16)19(14)17/h1-2,5-6,9-10,14,17-19H,3-4,7-8,11-13H2/b2-1-,5-1?,6-2?,9-5-,10-6-,15-9?,16-10?. The molecule has 2 saturated carbocycles. The molecule has 0 aliphatic heterocycles. The van der Waals surface area contributed by atoms with Gasteiger partial charge < -0.3 is 0 Å². The molecule has 0 aromatic heterocycles. The molecule has 0 heterocycles. The molecule has 0 aromatic rings. The Balaban J connectivity index is 1.75. The Labute approximate surface area is 117 Å². The fourth-order valence-corrected chi connectivity index (χ4v) is 5.23. The lowest BCUT2D eigenvalue weighted by molar-refractivity contribution is 0.231. The lowest BCUT2D eigenvalue weighted by Gasteiger charge is -2.29. The summed E-state index contributed by atoms with van der Waals surface area (Å²) in [4.78, 5) is 0. The van der Waals surface area contributed by atoms with Crippen molar-refractivity contribution in [2.24, 2.45) is 23.7 Å². The average Bonchev–Trinajstić information content (AvgIpc) is 2.84. The van der Waals surface area contributed by atoms with Crippen LogP contribution < -0.4 is 0 Å². The minimum atomic E-state index is 0.875. The molecule has 0 amide bonds. The van der Waals surface area contributed by atoms with E-state index in [1.165, 1.54) is 44.9 Å². The fourth-order valence-electron chi connectivity index (χ4n) is 5.23. The number of allylic oxidation sites excluding steroid dienone is 8. The molecule has 0 N–H and O–H groups in total. The van der Waals surface area contributed by atoms with Gasteiger partial charge in [0.15, 0.2) is 0 Å². The Hall–Kier alpha value is -1.04. The van der Waals surface area contributed by atoms with Crippen molar-refractivity contribution in [1.29, 1.82) is 0 Å². The summed E-state index contributed by atoms with van der Waals surface area (Å²) in [5.74, 6) is 3.77. The second-order valence-corrected chi connectivity index (χ2v) is 6.78. The second kappa shape index (κ2) is 4.81. The highest BCUT2D eigenvalue weighted by Crippen LogP contribution is 2.57. The highest BCUT2D eigenvalue weighted by atomic mass is 14.5. The van der Waals surface area contributed by atoms with Crippen LogP contribution in [0.5, 0.6) is 0 Å². The summed E-state index contributed by atoms with van der Waals surface area (Å²) in [7, 11) is 0. The predicted molar refractivity (Wildman–Crippen MR) is 80.7 cm³/mol. The molecule has 0 aromatic carbocycles. The summed E-state index contributed by atoms with van der Waals surface area (Å²) < 4.78 is 0. The Morgan fingerprint density at radius 1 is 0.632 bits per heavy atom. The van der Waals surface area contributed by atoms with Gasteiger partial charge >= 0.3 is 0 Å². The molecule has 0 heteroatoms. The normalized spacial score (nSPS) is 45.5. The van der Waals surface area contributed by atoms with Crippen LogP contribution in [0.4, 0.5) is 0 Å². The van der Waals surface area contributed by atoms with Crippen LogP contribution in [0.1, 0.15) is 44.9 Å². The lowest BCUT2D eigenvalue weighted by atomic mass is 9.75. The zero-order valence-corrected chi connectivity index (χ0v) is 11.7. The molecule has 0 nitrogen and oxygen atoms in total. The third-order valence-electron chi connectivity index (χ3n) is 5.93. The maximum Gasteiger partial charge on any atom is -0.0122 e. The van der Waals surface area contributed by atoms with Crippen molar-refractivity contribution < 1.29 is 0 Å². The third kappa shape index (κ3) is 1.88. The summed E-state index contributed by atoms with van der Waals surface area (Å²) in [5, 5.41) is 0. The summed E-state index contributed by atoms with van der Waals surface area (Å²) in [6, 6.07) is 0. The number of rotatable bonds is 0. The molecule has 100 valence electrons. The minimum Gasteiger partial charge on any atom is -0.0623 e. The quantitative estimate of drug-likeness (QED) is 0.555. The van der Waals surface area contributed by atoms with Crippen molar-refractivity contribution in [2.45, 2.75) is 44.9 Å². The van der Waals surface area contributed by atoms with E-state index in [2.05, 4.69) is 36.5 Å². The Morgan fingerprint density at radius 3 is 2.11 bits per heavy atom. The van der Waals surface area contributed by atoms with E-state index in [0.29, 0.717) is 0 Å². The van der Waals surface area contributed by atoms with Crippen LogP contribution in [-0.2, 0) is 0 Å². The lowest BCUT2D eigenvalue weighted by Crippen LogP contribution is -2.22. The van der Waals surface area contributed by atoms with Gasteiger partial charge in [0.05, 0.1) is 0 Å². The van der Waals surface area contributed by atoms with E-state index in [1.54, 1.807) is 11.1 Å². The van der Waals surface area contributed by atoms with Crippen molar-refractivity contribution in [3.05, 3.63) is 47.6 Å². The first-order valence-electron chi connectivity index (χ1n) is 8.20. The van der Waals surface area contributed by atoms with Gasteiger partial charge in [0, 0.05) is 0 Å². The van der Waals surface area contributed by atoms with E-state index in [9.17, 15) is 0 Å². The molecule has 19 heavy (non-hydrogen) atoms. The first-order valence-corrected chi connectivity index (χ1v) is 8.20. The second-order valence-electron chi connectivity index (χ2n) is 6.78. The fraction of sp³-hybridized carbons (Fsp3) is 0.579. The van der Waals surface area contributed by atoms with Gasteiger partial charge in [0.25, 0.3) is 0 Å². The monoisotopic (exact) mass is 252 g/mol. The van der Waals surface area contributed by atoms with E-state index in [1.807, 2.05) is 0 Å². The van der Waals surface area contributed by atoms with Crippen LogP contribution in [0.15, 0.2) is 47.6 Å². The zero-order chi connectivity index (χ0) is 12.7. The van der Waals surface area contributed by atoms with Crippen LogP contribution in [0.2, 0.25) is 0 Å². The van der Waals surface area contributed by atoms with Crippen LogP contribution in [-0.4, -0.2) is 0 Å². The molecule has 0 saturated heterocycles. The van der Waals surface area contributed by atoms with Crippen LogP contribution in [0.3, 0.4) is 0 Å². The van der Waals surface area contributed by atoms with E-state index < -0.39 is 0 Å². The topological polar surface area (TPSA) is 0 Å². The van der Waals surface area contributed by atoms with E-state index in [0.717, 1.165) is 23.7 Å². The summed E-state index contributed by atoms with van der Waals surface area (Å²) in [6.07, 6.45) is 24.0. The van der Waals surface area contributed by atoms with Gasteiger partial charge in [-0.1, -0.05) is 62.1 Å². The van der Waals surface area contributed by atoms with E-state index >= 15 is 0 Å². The van der Waals surface area contributed by atoms with Gasteiger partial charge in [-0.3, -0.25) is 0 Å². The molecule has 4 atom stereocenters. The molecule has 0 spiro atoms. The summed E-state index contributed by atoms with van der Waals surface area (Å²) >= 11 is 0. The van der Waals surface area contributed by atoms with Crippen molar-refractivity contribution in [2.75, 3.05) is 0 Å². The molecule has 0 radical (unpaired) electrons. The third-order valence-corrected chi connectivity index (χ3v) is 5.93. The Kier molecular flexibility index (Phi) is 2.98. The van der Waals surface area contributed by atoms with E-state index in [4.69, 9.17) is 0 Å². The molecule has 4 unspecified atom stereocenters. The molecule has 4 aliphatic carbocycles. The highest BCUT2D eigenvalue weighted by molar-refractivity contribution is 5.46. The zero-order valence-electron chi connectivity index (χ0n) is 11.7. The molecular weight excluding hydrogens is 228 g/mol. The molecule has 4 rings (SSSR count). The van der Waals surface area contributed by atoms with Crippen LogP contribution in [0, 0.1) is 23.7 Å². The number of hydrogen-bond acceptors (Lipinski definition) is 0.